The van der Waals surface area contributed by atoms with Crippen LogP contribution in [0.15, 0.2) is 0 Å². The quantitative estimate of drug-likeness (QED) is 0.630. The molecule has 72 valence electrons. The van der Waals surface area contributed by atoms with Gasteiger partial charge in [0.25, 0.3) is 0 Å². The van der Waals surface area contributed by atoms with Crippen molar-refractivity contribution in [2.24, 2.45) is 11.3 Å². The molecule has 1 saturated carbocycles. The number of rotatable bonds is 1. The third-order valence-electron chi connectivity index (χ3n) is 3.07. The minimum absolute atomic E-state index is 0.0884. The van der Waals surface area contributed by atoms with E-state index in [9.17, 15) is 5.11 Å². The smallest absolute Gasteiger partial charge is 0.0910 e. The zero-order valence-corrected chi connectivity index (χ0v) is 8.30. The molecule has 0 heterocycles. The van der Waals surface area contributed by atoms with Crippen LogP contribution in [0.5, 0.6) is 0 Å². The molecule has 0 bridgehead atoms. The van der Waals surface area contributed by atoms with E-state index in [-0.39, 0.29) is 17.9 Å². The first-order valence-corrected chi connectivity index (χ1v) is 4.73. The standard InChI is InChI=1S/C10H20O2/c1-9(2,3)8-5-4-6-10(8,12)7-11/h8,11-12H,4-7H2,1-3H3/t8-,10+/m0/s1. The van der Waals surface area contributed by atoms with E-state index in [1.54, 1.807) is 0 Å². The van der Waals surface area contributed by atoms with Crippen LogP contribution in [-0.4, -0.2) is 22.4 Å². The average molecular weight is 172 g/mol. The van der Waals surface area contributed by atoms with Gasteiger partial charge in [0.15, 0.2) is 0 Å². The molecular formula is C10H20O2. The second-order valence-electron chi connectivity index (χ2n) is 5.07. The SMILES string of the molecule is CC(C)(C)[C@@H]1CCC[C@@]1(O)CO. The minimum atomic E-state index is -0.807. The van der Waals surface area contributed by atoms with Gasteiger partial charge in [-0.2, -0.15) is 0 Å². The van der Waals surface area contributed by atoms with E-state index in [4.69, 9.17) is 5.11 Å². The maximum Gasteiger partial charge on any atom is 0.0910 e. The van der Waals surface area contributed by atoms with E-state index in [2.05, 4.69) is 20.8 Å². The van der Waals surface area contributed by atoms with Gasteiger partial charge in [-0.1, -0.05) is 27.2 Å². The van der Waals surface area contributed by atoms with E-state index in [0.717, 1.165) is 19.3 Å². The van der Waals surface area contributed by atoms with Gasteiger partial charge in [0, 0.05) is 0 Å². The van der Waals surface area contributed by atoms with Gasteiger partial charge < -0.3 is 10.2 Å². The first-order chi connectivity index (χ1) is 5.40. The fourth-order valence-corrected chi connectivity index (χ4v) is 2.48. The van der Waals surface area contributed by atoms with Crippen molar-refractivity contribution < 1.29 is 10.2 Å². The van der Waals surface area contributed by atoms with Crippen molar-refractivity contribution in [2.45, 2.75) is 45.6 Å². The van der Waals surface area contributed by atoms with Gasteiger partial charge in [-0.3, -0.25) is 0 Å². The molecular weight excluding hydrogens is 152 g/mol. The first-order valence-electron chi connectivity index (χ1n) is 4.73. The molecule has 0 aromatic rings. The molecule has 0 spiro atoms. The summed E-state index contributed by atoms with van der Waals surface area (Å²) in [5, 5.41) is 19.2. The molecule has 0 amide bonds. The molecule has 1 fully saturated rings. The lowest BCUT2D eigenvalue weighted by atomic mass is 9.73. The molecule has 1 rings (SSSR count). The molecule has 2 nitrogen and oxygen atoms in total. The molecule has 0 saturated heterocycles. The average Bonchev–Trinajstić information content (AvgIpc) is 2.31. The summed E-state index contributed by atoms with van der Waals surface area (Å²) in [5.41, 5.74) is -0.702. The van der Waals surface area contributed by atoms with E-state index in [0.29, 0.717) is 0 Å². The molecule has 12 heavy (non-hydrogen) atoms. The molecule has 0 aromatic heterocycles. The summed E-state index contributed by atoms with van der Waals surface area (Å²) in [6.07, 6.45) is 2.84. The van der Waals surface area contributed by atoms with Crippen molar-refractivity contribution in [1.82, 2.24) is 0 Å². The Kier molecular flexibility index (Phi) is 2.50. The van der Waals surface area contributed by atoms with Crippen LogP contribution in [0.2, 0.25) is 0 Å². The van der Waals surface area contributed by atoms with Gasteiger partial charge in [0.2, 0.25) is 0 Å². The topological polar surface area (TPSA) is 40.5 Å². The van der Waals surface area contributed by atoms with Crippen LogP contribution in [0.4, 0.5) is 0 Å². The Hall–Kier alpha value is -0.0800. The van der Waals surface area contributed by atoms with Gasteiger partial charge in [0.1, 0.15) is 0 Å². The molecule has 0 radical (unpaired) electrons. The Morgan fingerprint density at radius 1 is 1.42 bits per heavy atom. The largest absolute Gasteiger partial charge is 0.393 e. The van der Waals surface area contributed by atoms with Crippen molar-refractivity contribution in [2.75, 3.05) is 6.61 Å². The molecule has 0 unspecified atom stereocenters. The van der Waals surface area contributed by atoms with Crippen LogP contribution in [0, 0.1) is 11.3 Å². The highest BCUT2D eigenvalue weighted by Crippen LogP contribution is 2.45. The van der Waals surface area contributed by atoms with Crippen molar-refractivity contribution >= 4 is 0 Å². The third-order valence-corrected chi connectivity index (χ3v) is 3.07. The number of hydrogen-bond donors (Lipinski definition) is 2. The van der Waals surface area contributed by atoms with E-state index in [1.807, 2.05) is 0 Å². The molecule has 0 aliphatic heterocycles. The normalized spacial score (nSPS) is 37.2. The zero-order chi connectivity index (χ0) is 9.41. The summed E-state index contributed by atoms with van der Waals surface area (Å²) >= 11 is 0. The van der Waals surface area contributed by atoms with Gasteiger partial charge in [-0.15, -0.1) is 0 Å². The predicted octanol–water partition coefficient (Wildman–Crippen LogP) is 1.56. The summed E-state index contributed by atoms with van der Waals surface area (Å²) in [5.74, 6) is 0.245. The van der Waals surface area contributed by atoms with Gasteiger partial charge in [-0.25, -0.2) is 0 Å². The molecule has 1 aliphatic rings. The lowest BCUT2D eigenvalue weighted by Gasteiger charge is -2.37. The second-order valence-corrected chi connectivity index (χ2v) is 5.07. The maximum atomic E-state index is 10.0. The highest BCUT2D eigenvalue weighted by molar-refractivity contribution is 4.96. The highest BCUT2D eigenvalue weighted by atomic mass is 16.3. The van der Waals surface area contributed by atoms with Crippen molar-refractivity contribution in [3.63, 3.8) is 0 Å². The molecule has 2 N–H and O–H groups in total. The Bertz CT molecular complexity index is 160. The van der Waals surface area contributed by atoms with Crippen LogP contribution >= 0.6 is 0 Å². The summed E-state index contributed by atoms with van der Waals surface area (Å²) in [7, 11) is 0. The Labute approximate surface area is 74.6 Å². The Morgan fingerprint density at radius 3 is 2.33 bits per heavy atom. The number of hydrogen-bond acceptors (Lipinski definition) is 2. The molecule has 0 aromatic carbocycles. The van der Waals surface area contributed by atoms with E-state index in [1.165, 1.54) is 0 Å². The van der Waals surface area contributed by atoms with Crippen LogP contribution in [0.1, 0.15) is 40.0 Å². The van der Waals surface area contributed by atoms with Crippen LogP contribution in [-0.2, 0) is 0 Å². The van der Waals surface area contributed by atoms with Crippen LogP contribution in [0.3, 0.4) is 0 Å². The van der Waals surface area contributed by atoms with Gasteiger partial charge >= 0.3 is 0 Å². The first kappa shape index (κ1) is 10.0. The van der Waals surface area contributed by atoms with Crippen molar-refractivity contribution in [3.05, 3.63) is 0 Å². The van der Waals surface area contributed by atoms with E-state index >= 15 is 0 Å². The summed E-state index contributed by atoms with van der Waals surface area (Å²) in [6, 6.07) is 0. The maximum absolute atomic E-state index is 10.0. The molecule has 2 atom stereocenters. The van der Waals surface area contributed by atoms with Crippen molar-refractivity contribution in [1.29, 1.82) is 0 Å². The predicted molar refractivity (Wildman–Crippen MR) is 48.8 cm³/mol. The summed E-state index contributed by atoms with van der Waals surface area (Å²) in [6.45, 7) is 6.30. The van der Waals surface area contributed by atoms with Crippen LogP contribution < -0.4 is 0 Å². The zero-order valence-electron chi connectivity index (χ0n) is 8.30. The number of aliphatic hydroxyl groups is 2. The van der Waals surface area contributed by atoms with Gasteiger partial charge in [0.05, 0.1) is 12.2 Å². The van der Waals surface area contributed by atoms with Crippen molar-refractivity contribution in [3.8, 4) is 0 Å². The summed E-state index contributed by atoms with van der Waals surface area (Å²) in [4.78, 5) is 0. The Morgan fingerprint density at radius 2 is 2.00 bits per heavy atom. The highest BCUT2D eigenvalue weighted by Gasteiger charge is 2.46. The lowest BCUT2D eigenvalue weighted by Crippen LogP contribution is -2.43. The Balaban J connectivity index is 2.77. The number of aliphatic hydroxyl groups excluding tert-OH is 1. The lowest BCUT2D eigenvalue weighted by molar-refractivity contribution is -0.0764. The fourth-order valence-electron chi connectivity index (χ4n) is 2.48. The summed E-state index contributed by atoms with van der Waals surface area (Å²) < 4.78 is 0. The molecule has 2 heteroatoms. The minimum Gasteiger partial charge on any atom is -0.393 e. The van der Waals surface area contributed by atoms with Crippen LogP contribution in [0.25, 0.3) is 0 Å². The monoisotopic (exact) mass is 172 g/mol. The third kappa shape index (κ3) is 1.64. The van der Waals surface area contributed by atoms with E-state index < -0.39 is 5.60 Å². The fraction of sp³-hybridized carbons (Fsp3) is 1.00. The van der Waals surface area contributed by atoms with Gasteiger partial charge in [-0.05, 0) is 24.2 Å². The molecule has 1 aliphatic carbocycles. The second kappa shape index (κ2) is 3.00.